The molecule has 0 amide bonds. The van der Waals surface area contributed by atoms with Crippen molar-refractivity contribution in [1.82, 2.24) is 9.80 Å². The van der Waals surface area contributed by atoms with Crippen LogP contribution in [0.5, 0.6) is 0 Å². The third kappa shape index (κ3) is 3.44. The van der Waals surface area contributed by atoms with Gasteiger partial charge < -0.3 is 10.0 Å². The number of β-amino-alcohol motifs (C(OH)–C–C–N with tert-alkyl or cyclic N) is 1. The van der Waals surface area contributed by atoms with Crippen molar-refractivity contribution >= 4 is 0 Å². The fraction of sp³-hybridized carbons (Fsp3) is 1.00. The minimum atomic E-state index is -0.565. The summed E-state index contributed by atoms with van der Waals surface area (Å²) in [6.45, 7) is 12.4. The summed E-state index contributed by atoms with van der Waals surface area (Å²) in [5, 5.41) is 10.3. The van der Waals surface area contributed by atoms with E-state index in [0.29, 0.717) is 12.0 Å². The maximum absolute atomic E-state index is 10.3. The molecule has 2 unspecified atom stereocenters. The molecule has 2 atom stereocenters. The molecule has 0 radical (unpaired) electrons. The van der Waals surface area contributed by atoms with Gasteiger partial charge in [-0.2, -0.15) is 0 Å². The van der Waals surface area contributed by atoms with Gasteiger partial charge in [0.05, 0.1) is 5.60 Å². The Balaban J connectivity index is 2.51. The Kier molecular flexibility index (Phi) is 4.15. The largest absolute Gasteiger partial charge is 0.389 e. The standard InChI is InChI=1S/C12H26N2O/c1-10(2)12(4,15)9-14-7-6-13(5)8-11(14)3/h10-11,15H,6-9H2,1-5H3. The van der Waals surface area contributed by atoms with E-state index in [9.17, 15) is 5.11 Å². The molecule has 0 aromatic heterocycles. The van der Waals surface area contributed by atoms with Crippen LogP contribution in [-0.4, -0.2) is 59.8 Å². The van der Waals surface area contributed by atoms with Crippen molar-refractivity contribution in [3.8, 4) is 0 Å². The molecule has 1 N–H and O–H groups in total. The van der Waals surface area contributed by atoms with E-state index in [0.717, 1.165) is 26.2 Å². The predicted octanol–water partition coefficient (Wildman–Crippen LogP) is 1.03. The highest BCUT2D eigenvalue weighted by Crippen LogP contribution is 2.20. The predicted molar refractivity (Wildman–Crippen MR) is 64.0 cm³/mol. The highest BCUT2D eigenvalue weighted by molar-refractivity contribution is 4.86. The quantitative estimate of drug-likeness (QED) is 0.760. The van der Waals surface area contributed by atoms with E-state index in [1.54, 1.807) is 0 Å². The molecule has 1 fully saturated rings. The van der Waals surface area contributed by atoms with Gasteiger partial charge in [-0.3, -0.25) is 4.90 Å². The second kappa shape index (κ2) is 4.81. The van der Waals surface area contributed by atoms with Crippen LogP contribution >= 0.6 is 0 Å². The van der Waals surface area contributed by atoms with Crippen molar-refractivity contribution in [2.45, 2.75) is 39.3 Å². The number of nitrogens with zero attached hydrogens (tertiary/aromatic N) is 2. The van der Waals surface area contributed by atoms with Crippen LogP contribution in [0.1, 0.15) is 27.7 Å². The summed E-state index contributed by atoms with van der Waals surface area (Å²) >= 11 is 0. The Morgan fingerprint density at radius 1 is 1.40 bits per heavy atom. The Labute approximate surface area is 94.1 Å². The van der Waals surface area contributed by atoms with Gasteiger partial charge in [-0.1, -0.05) is 13.8 Å². The van der Waals surface area contributed by atoms with Crippen LogP contribution in [0.15, 0.2) is 0 Å². The maximum Gasteiger partial charge on any atom is 0.0768 e. The van der Waals surface area contributed by atoms with Crippen LogP contribution < -0.4 is 0 Å². The summed E-state index contributed by atoms with van der Waals surface area (Å²) in [6.07, 6.45) is 0. The number of piperazine rings is 1. The first-order valence-electron chi connectivity index (χ1n) is 5.98. The van der Waals surface area contributed by atoms with Crippen molar-refractivity contribution in [1.29, 1.82) is 0 Å². The molecule has 0 bridgehead atoms. The van der Waals surface area contributed by atoms with Gasteiger partial charge in [0.2, 0.25) is 0 Å². The number of hydrogen-bond donors (Lipinski definition) is 1. The molecule has 1 saturated heterocycles. The number of rotatable bonds is 3. The van der Waals surface area contributed by atoms with Crippen LogP contribution in [0.2, 0.25) is 0 Å². The van der Waals surface area contributed by atoms with Gasteiger partial charge in [0, 0.05) is 32.2 Å². The van der Waals surface area contributed by atoms with E-state index in [2.05, 4.69) is 37.6 Å². The van der Waals surface area contributed by atoms with Gasteiger partial charge in [-0.05, 0) is 26.8 Å². The second-order valence-corrected chi connectivity index (χ2v) is 5.59. The lowest BCUT2D eigenvalue weighted by atomic mass is 9.91. The van der Waals surface area contributed by atoms with Crippen LogP contribution in [-0.2, 0) is 0 Å². The van der Waals surface area contributed by atoms with Crippen molar-refractivity contribution in [2.75, 3.05) is 33.2 Å². The molecule has 3 heteroatoms. The molecule has 0 aromatic carbocycles. The second-order valence-electron chi connectivity index (χ2n) is 5.59. The van der Waals surface area contributed by atoms with E-state index >= 15 is 0 Å². The maximum atomic E-state index is 10.3. The summed E-state index contributed by atoms with van der Waals surface area (Å²) in [6, 6.07) is 0.550. The summed E-state index contributed by atoms with van der Waals surface area (Å²) in [4.78, 5) is 4.76. The zero-order valence-electron chi connectivity index (χ0n) is 10.8. The van der Waals surface area contributed by atoms with Gasteiger partial charge in [-0.15, -0.1) is 0 Å². The first-order chi connectivity index (χ1) is 6.83. The van der Waals surface area contributed by atoms with Gasteiger partial charge in [-0.25, -0.2) is 0 Å². The Morgan fingerprint density at radius 3 is 2.47 bits per heavy atom. The molecule has 1 aliphatic rings. The first-order valence-corrected chi connectivity index (χ1v) is 5.98. The normalized spacial score (nSPS) is 29.4. The Bertz CT molecular complexity index is 204. The van der Waals surface area contributed by atoms with Crippen LogP contribution in [0, 0.1) is 5.92 Å². The molecule has 0 saturated carbocycles. The zero-order chi connectivity index (χ0) is 11.6. The first kappa shape index (κ1) is 12.9. The molecular weight excluding hydrogens is 188 g/mol. The summed E-state index contributed by atoms with van der Waals surface area (Å²) in [5.74, 6) is 0.310. The van der Waals surface area contributed by atoms with Crippen LogP contribution in [0.4, 0.5) is 0 Å². The molecule has 0 aliphatic carbocycles. The monoisotopic (exact) mass is 214 g/mol. The van der Waals surface area contributed by atoms with E-state index in [1.165, 1.54) is 0 Å². The van der Waals surface area contributed by atoms with Crippen LogP contribution in [0.25, 0.3) is 0 Å². The summed E-state index contributed by atoms with van der Waals surface area (Å²) in [5.41, 5.74) is -0.565. The number of likely N-dealkylation sites (N-methyl/N-ethyl adjacent to an activating group) is 1. The number of aliphatic hydroxyl groups is 1. The molecule has 90 valence electrons. The molecule has 3 nitrogen and oxygen atoms in total. The van der Waals surface area contributed by atoms with Crippen molar-refractivity contribution in [3.63, 3.8) is 0 Å². The fourth-order valence-electron chi connectivity index (χ4n) is 2.01. The van der Waals surface area contributed by atoms with E-state index in [4.69, 9.17) is 0 Å². The minimum absolute atomic E-state index is 0.310. The average Bonchev–Trinajstić information content (AvgIpc) is 2.09. The smallest absolute Gasteiger partial charge is 0.0768 e. The third-order valence-electron chi connectivity index (χ3n) is 3.74. The van der Waals surface area contributed by atoms with Gasteiger partial charge in [0.15, 0.2) is 0 Å². The summed E-state index contributed by atoms with van der Waals surface area (Å²) < 4.78 is 0. The fourth-order valence-corrected chi connectivity index (χ4v) is 2.01. The Morgan fingerprint density at radius 2 is 2.00 bits per heavy atom. The van der Waals surface area contributed by atoms with E-state index < -0.39 is 5.60 Å². The number of hydrogen-bond acceptors (Lipinski definition) is 3. The molecule has 1 aliphatic heterocycles. The highest BCUT2D eigenvalue weighted by Gasteiger charge is 2.31. The SMILES string of the molecule is CC1CN(C)CCN1CC(C)(O)C(C)C. The van der Waals surface area contributed by atoms with Crippen molar-refractivity contribution in [3.05, 3.63) is 0 Å². The molecule has 1 heterocycles. The lowest BCUT2D eigenvalue weighted by Gasteiger charge is -2.42. The van der Waals surface area contributed by atoms with Gasteiger partial charge >= 0.3 is 0 Å². The average molecular weight is 214 g/mol. The molecular formula is C12H26N2O. The third-order valence-corrected chi connectivity index (χ3v) is 3.74. The zero-order valence-corrected chi connectivity index (χ0v) is 10.8. The molecule has 1 rings (SSSR count). The summed E-state index contributed by atoms with van der Waals surface area (Å²) in [7, 11) is 2.16. The van der Waals surface area contributed by atoms with Gasteiger partial charge in [0.25, 0.3) is 0 Å². The van der Waals surface area contributed by atoms with Crippen molar-refractivity contribution < 1.29 is 5.11 Å². The molecule has 0 spiro atoms. The van der Waals surface area contributed by atoms with E-state index in [1.807, 2.05) is 6.92 Å². The minimum Gasteiger partial charge on any atom is -0.389 e. The lowest BCUT2D eigenvalue weighted by molar-refractivity contribution is -0.0405. The topological polar surface area (TPSA) is 26.7 Å². The van der Waals surface area contributed by atoms with Crippen LogP contribution in [0.3, 0.4) is 0 Å². The van der Waals surface area contributed by atoms with Crippen molar-refractivity contribution in [2.24, 2.45) is 5.92 Å². The lowest BCUT2D eigenvalue weighted by Crippen LogP contribution is -2.55. The molecule has 15 heavy (non-hydrogen) atoms. The molecule has 0 aromatic rings. The highest BCUT2D eigenvalue weighted by atomic mass is 16.3. The van der Waals surface area contributed by atoms with Gasteiger partial charge in [0.1, 0.15) is 0 Å². The van der Waals surface area contributed by atoms with E-state index in [-0.39, 0.29) is 0 Å². The Hall–Kier alpha value is -0.120.